The van der Waals surface area contributed by atoms with E-state index in [1.165, 1.54) is 15.2 Å². The molecule has 0 atom stereocenters. The first-order chi connectivity index (χ1) is 9.25. The van der Waals surface area contributed by atoms with Crippen molar-refractivity contribution >= 4 is 45.3 Å². The molecule has 0 N–H and O–H groups in total. The Morgan fingerprint density at radius 3 is 2.45 bits per heavy atom. The third kappa shape index (κ3) is 2.88. The van der Waals surface area contributed by atoms with Crippen LogP contribution in [-0.4, -0.2) is 0 Å². The molecule has 0 unspecified atom stereocenters. The van der Waals surface area contributed by atoms with E-state index in [0.717, 1.165) is 10.6 Å². The summed E-state index contributed by atoms with van der Waals surface area (Å²) in [6, 6.07) is 16.3. The molecule has 0 aliphatic rings. The predicted molar refractivity (Wildman–Crippen MR) is 83.4 cm³/mol. The van der Waals surface area contributed by atoms with Gasteiger partial charge >= 0.3 is 0 Å². The molecule has 20 heavy (non-hydrogen) atoms. The van der Waals surface area contributed by atoms with Gasteiger partial charge in [0.15, 0.2) is 0 Å². The van der Waals surface area contributed by atoms with Crippen molar-refractivity contribution in [3.8, 4) is 0 Å². The molecule has 0 spiro atoms. The van der Waals surface area contributed by atoms with Gasteiger partial charge in [-0.15, -0.1) is 0 Å². The lowest BCUT2D eigenvalue weighted by molar-refractivity contribution is -0.642. The number of para-hydroxylation sites is 1. The number of benzene rings is 2. The molecule has 0 saturated carbocycles. The van der Waals surface area contributed by atoms with E-state index in [9.17, 15) is 0 Å². The Bertz CT molecular complexity index is 762. The van der Waals surface area contributed by atoms with Crippen LogP contribution in [0.15, 0.2) is 48.5 Å². The Hall–Kier alpha value is -1.35. The summed E-state index contributed by atoms with van der Waals surface area (Å²) in [5.41, 5.74) is 2.30. The quantitative estimate of drug-likeness (QED) is 0.631. The van der Waals surface area contributed by atoms with Gasteiger partial charge in [-0.2, -0.15) is 4.57 Å². The van der Waals surface area contributed by atoms with Crippen molar-refractivity contribution in [3.05, 3.63) is 64.1 Å². The normalized spacial score (nSPS) is 10.9. The van der Waals surface area contributed by atoms with Gasteiger partial charge in [0.25, 0.3) is 5.01 Å². The molecular weight excluding hydrogens is 309 g/mol. The number of aryl methyl sites for hydroxylation is 1. The Labute approximate surface area is 133 Å². The number of hydrogen-bond donors (Lipinski definition) is 0. The number of aromatic nitrogens is 1. The number of rotatable bonds is 2. The molecule has 1 heterocycles. The molecular formula is C16H13Cl2NS. The predicted octanol–water partition coefficient (Wildman–Crippen LogP) is 1.55. The maximum absolute atomic E-state index is 6.15. The van der Waals surface area contributed by atoms with Crippen molar-refractivity contribution in [1.29, 1.82) is 0 Å². The Morgan fingerprint density at radius 2 is 1.70 bits per heavy atom. The summed E-state index contributed by atoms with van der Waals surface area (Å²) in [5.74, 6) is 0. The third-order valence-corrected chi connectivity index (χ3v) is 4.61. The molecule has 3 aromatic rings. The van der Waals surface area contributed by atoms with Crippen LogP contribution < -0.4 is 17.0 Å². The highest BCUT2D eigenvalue weighted by Crippen LogP contribution is 2.22. The number of hydrogen-bond acceptors (Lipinski definition) is 1. The maximum atomic E-state index is 6.15. The van der Waals surface area contributed by atoms with Crippen LogP contribution in [0.5, 0.6) is 0 Å². The monoisotopic (exact) mass is 321 g/mol. The summed E-state index contributed by atoms with van der Waals surface area (Å²) in [4.78, 5) is 0. The first kappa shape index (κ1) is 15.0. The first-order valence-electron chi connectivity index (χ1n) is 6.06. The Kier molecular flexibility index (Phi) is 4.81. The summed E-state index contributed by atoms with van der Waals surface area (Å²) in [5, 5.41) is 1.99. The number of nitrogens with zero attached hydrogens (tertiary/aromatic N) is 1. The molecule has 0 bridgehead atoms. The van der Waals surface area contributed by atoms with Crippen LogP contribution in [0.1, 0.15) is 10.6 Å². The summed E-state index contributed by atoms with van der Waals surface area (Å²) in [7, 11) is 2.09. The molecule has 3 rings (SSSR count). The van der Waals surface area contributed by atoms with Gasteiger partial charge in [0.05, 0.1) is 0 Å². The van der Waals surface area contributed by atoms with E-state index in [1.807, 2.05) is 24.3 Å². The second-order valence-corrected chi connectivity index (χ2v) is 5.79. The SMILES string of the molecule is C[n+]1c(/C=C/c2ccccc2Cl)sc2ccccc21.[Cl-]. The lowest BCUT2D eigenvalue weighted by atomic mass is 10.2. The fourth-order valence-electron chi connectivity index (χ4n) is 2.04. The molecule has 0 aliphatic carbocycles. The van der Waals surface area contributed by atoms with Gasteiger partial charge in [0.1, 0.15) is 11.7 Å². The van der Waals surface area contributed by atoms with Crippen LogP contribution in [-0.2, 0) is 7.05 Å². The smallest absolute Gasteiger partial charge is 0.262 e. The minimum absolute atomic E-state index is 0. The summed E-state index contributed by atoms with van der Waals surface area (Å²) in [6.07, 6.45) is 4.18. The van der Waals surface area contributed by atoms with Crippen molar-refractivity contribution in [2.75, 3.05) is 0 Å². The average molecular weight is 322 g/mol. The third-order valence-electron chi connectivity index (χ3n) is 3.08. The maximum Gasteiger partial charge on any atom is 0.262 e. The van der Waals surface area contributed by atoms with Crippen LogP contribution >= 0.6 is 22.9 Å². The molecule has 0 aliphatic heterocycles. The van der Waals surface area contributed by atoms with E-state index in [2.05, 4.69) is 48.0 Å². The molecule has 0 fully saturated rings. The highest BCUT2D eigenvalue weighted by molar-refractivity contribution is 7.18. The summed E-state index contributed by atoms with van der Waals surface area (Å²) in [6.45, 7) is 0. The van der Waals surface area contributed by atoms with Crippen molar-refractivity contribution in [1.82, 2.24) is 0 Å². The van der Waals surface area contributed by atoms with Gasteiger partial charge in [0, 0.05) is 17.2 Å². The molecule has 0 radical (unpaired) electrons. The van der Waals surface area contributed by atoms with Crippen molar-refractivity contribution in [2.45, 2.75) is 0 Å². The van der Waals surface area contributed by atoms with E-state index in [0.29, 0.717) is 0 Å². The zero-order valence-corrected chi connectivity index (χ0v) is 13.2. The number of thiazole rings is 1. The molecule has 102 valence electrons. The number of halogens is 2. The fourth-order valence-corrected chi connectivity index (χ4v) is 3.29. The van der Waals surface area contributed by atoms with E-state index >= 15 is 0 Å². The standard InChI is InChI=1S/C16H13ClNS.ClH/c1-18-14-8-4-5-9-15(14)19-16(18)11-10-12-6-2-3-7-13(12)17;/h2-11H,1H3;1H/q+1;/p-1/b11-10+;. The highest BCUT2D eigenvalue weighted by atomic mass is 35.5. The topological polar surface area (TPSA) is 3.88 Å². The summed E-state index contributed by atoms with van der Waals surface area (Å²) >= 11 is 7.94. The Morgan fingerprint density at radius 1 is 1.00 bits per heavy atom. The molecule has 0 saturated heterocycles. The van der Waals surface area contributed by atoms with Crippen molar-refractivity contribution in [2.24, 2.45) is 7.05 Å². The fraction of sp³-hybridized carbons (Fsp3) is 0.0625. The van der Waals surface area contributed by atoms with Crippen LogP contribution in [0, 0.1) is 0 Å². The average Bonchev–Trinajstić information content (AvgIpc) is 2.75. The van der Waals surface area contributed by atoms with E-state index < -0.39 is 0 Å². The minimum atomic E-state index is 0. The number of fused-ring (bicyclic) bond motifs is 1. The zero-order chi connectivity index (χ0) is 13.2. The Balaban J connectivity index is 0.00000147. The summed E-state index contributed by atoms with van der Waals surface area (Å²) < 4.78 is 3.50. The van der Waals surface area contributed by atoms with Gasteiger partial charge in [-0.05, 0) is 23.8 Å². The van der Waals surface area contributed by atoms with E-state index in [-0.39, 0.29) is 12.4 Å². The van der Waals surface area contributed by atoms with Gasteiger partial charge in [0.2, 0.25) is 5.52 Å². The van der Waals surface area contributed by atoms with Crippen molar-refractivity contribution in [3.63, 3.8) is 0 Å². The molecule has 4 heteroatoms. The van der Waals surface area contributed by atoms with Crippen LogP contribution in [0.2, 0.25) is 5.02 Å². The van der Waals surface area contributed by atoms with Crippen LogP contribution in [0.3, 0.4) is 0 Å². The molecule has 0 amide bonds. The van der Waals surface area contributed by atoms with Crippen molar-refractivity contribution < 1.29 is 17.0 Å². The highest BCUT2D eigenvalue weighted by Gasteiger charge is 2.13. The first-order valence-corrected chi connectivity index (χ1v) is 7.25. The largest absolute Gasteiger partial charge is 1.00 e. The lowest BCUT2D eigenvalue weighted by Gasteiger charge is -1.94. The van der Waals surface area contributed by atoms with Gasteiger partial charge in [-0.25, -0.2) is 0 Å². The lowest BCUT2D eigenvalue weighted by Crippen LogP contribution is -3.00. The van der Waals surface area contributed by atoms with Gasteiger partial charge < -0.3 is 12.4 Å². The molecule has 2 aromatic carbocycles. The van der Waals surface area contributed by atoms with E-state index in [1.54, 1.807) is 11.3 Å². The van der Waals surface area contributed by atoms with Crippen LogP contribution in [0.25, 0.3) is 22.4 Å². The second kappa shape index (κ2) is 6.40. The van der Waals surface area contributed by atoms with Crippen LogP contribution in [0.4, 0.5) is 0 Å². The molecule has 1 nitrogen and oxygen atoms in total. The van der Waals surface area contributed by atoms with E-state index in [4.69, 9.17) is 11.6 Å². The van der Waals surface area contributed by atoms with Gasteiger partial charge in [-0.3, -0.25) is 0 Å². The minimum Gasteiger partial charge on any atom is -1.00 e. The molecule has 1 aromatic heterocycles. The second-order valence-electron chi connectivity index (χ2n) is 4.32. The zero-order valence-electron chi connectivity index (χ0n) is 10.9. The van der Waals surface area contributed by atoms with Gasteiger partial charge in [-0.1, -0.05) is 53.3 Å².